The van der Waals surface area contributed by atoms with E-state index in [1.807, 2.05) is 0 Å². The van der Waals surface area contributed by atoms with Crippen molar-refractivity contribution >= 4 is 28.8 Å². The molecule has 4 aromatic rings. The minimum Gasteiger partial charge on any atom is -0.478 e. The maximum atomic E-state index is 13.2. The highest BCUT2D eigenvalue weighted by Gasteiger charge is 2.31. The van der Waals surface area contributed by atoms with Crippen LogP contribution in [0.4, 0.5) is 18.9 Å². The lowest BCUT2D eigenvalue weighted by molar-refractivity contribution is -0.152. The fourth-order valence-corrected chi connectivity index (χ4v) is 5.84. The van der Waals surface area contributed by atoms with Gasteiger partial charge in [0.05, 0.1) is 11.3 Å². The molecule has 250 valence electrons. The predicted octanol–water partition coefficient (Wildman–Crippen LogP) is 8.52. The number of hydrogen-bond donors (Lipinski definition) is 3. The van der Waals surface area contributed by atoms with Crippen molar-refractivity contribution in [3.05, 3.63) is 99.6 Å². The van der Waals surface area contributed by atoms with Gasteiger partial charge >= 0.3 is 12.1 Å². The number of ketones is 1. The molecular formula is C36H40F3N3O4S. The molecule has 0 atom stereocenters. The second-order valence-corrected chi connectivity index (χ2v) is 13.2. The monoisotopic (exact) mass is 667 g/mol. The van der Waals surface area contributed by atoms with Crippen LogP contribution in [-0.2, 0) is 23.9 Å². The maximum absolute atomic E-state index is 13.2. The smallest absolute Gasteiger partial charge is 0.416 e. The Bertz CT molecular complexity index is 1680. The van der Waals surface area contributed by atoms with E-state index in [9.17, 15) is 27.9 Å². The number of rotatable bonds is 15. The lowest BCUT2D eigenvalue weighted by Crippen LogP contribution is -2.38. The number of benzene rings is 3. The molecule has 3 aromatic carbocycles. The first-order valence-corrected chi connectivity index (χ1v) is 16.2. The number of carbonyl (C=O) groups excluding carboxylic acids is 1. The number of halogens is 3. The van der Waals surface area contributed by atoms with E-state index in [2.05, 4.69) is 48.7 Å². The Morgan fingerprint density at radius 2 is 1.66 bits per heavy atom. The summed E-state index contributed by atoms with van der Waals surface area (Å²) in [6.07, 6.45) is -3.84. The lowest BCUT2D eigenvalue weighted by Gasteiger charge is -2.22. The van der Waals surface area contributed by atoms with Crippen LogP contribution in [0.1, 0.15) is 77.7 Å². The molecule has 0 aliphatic heterocycles. The highest BCUT2D eigenvalue weighted by molar-refractivity contribution is 7.15. The fraction of sp³-hybridized carbons (Fsp3) is 0.361. The van der Waals surface area contributed by atoms with Crippen LogP contribution in [0.25, 0.3) is 10.6 Å². The average Bonchev–Trinajstić information content (AvgIpc) is 3.43. The summed E-state index contributed by atoms with van der Waals surface area (Å²) in [5, 5.41) is 16.7. The molecule has 1 heterocycles. The van der Waals surface area contributed by atoms with Crippen molar-refractivity contribution < 1.29 is 32.6 Å². The van der Waals surface area contributed by atoms with Gasteiger partial charge in [-0.3, -0.25) is 4.79 Å². The average molecular weight is 668 g/mol. The first kappa shape index (κ1) is 35.6. The zero-order valence-corrected chi connectivity index (χ0v) is 27.9. The van der Waals surface area contributed by atoms with Gasteiger partial charge in [0.15, 0.2) is 11.4 Å². The molecule has 4 rings (SSSR count). The number of alkyl halides is 3. The van der Waals surface area contributed by atoms with Crippen molar-refractivity contribution in [3.63, 3.8) is 0 Å². The number of carboxylic acids is 1. The van der Waals surface area contributed by atoms with Crippen LogP contribution in [0.15, 0.2) is 66.7 Å². The number of aliphatic carboxylic acids is 1. The van der Waals surface area contributed by atoms with Crippen LogP contribution in [0, 0.1) is 6.92 Å². The van der Waals surface area contributed by atoms with Crippen molar-refractivity contribution in [1.82, 2.24) is 10.3 Å². The third-order valence-corrected chi connectivity index (χ3v) is 8.90. The molecule has 1 aromatic heterocycles. The summed E-state index contributed by atoms with van der Waals surface area (Å²) >= 11 is 1.37. The molecule has 0 spiro atoms. The van der Waals surface area contributed by atoms with Crippen LogP contribution in [0.2, 0.25) is 0 Å². The van der Waals surface area contributed by atoms with E-state index in [-0.39, 0.29) is 12.2 Å². The molecule has 7 nitrogen and oxygen atoms in total. The van der Waals surface area contributed by atoms with Gasteiger partial charge in [0.1, 0.15) is 10.8 Å². The topological polar surface area (TPSA) is 101 Å². The molecule has 0 amide bonds. The number of aryl methyl sites for hydroxylation is 2. The third-order valence-electron chi connectivity index (χ3n) is 7.69. The van der Waals surface area contributed by atoms with Gasteiger partial charge in [0.25, 0.3) is 0 Å². The number of Topliss-reactive ketones (excluding diaryl/α,β-unsaturated/α-hetero) is 1. The van der Waals surface area contributed by atoms with E-state index in [0.717, 1.165) is 28.4 Å². The SMILES string of the molecule is Cc1cc(C(=O)CCc2sc(-c3ccc(C(F)(F)F)cc3)nc2CNCCNc2ccc(C(C)C)cc2)ccc1OC(C)(C)C(=O)O. The highest BCUT2D eigenvalue weighted by atomic mass is 32.1. The van der Waals surface area contributed by atoms with E-state index >= 15 is 0 Å². The summed E-state index contributed by atoms with van der Waals surface area (Å²) in [5.41, 5.74) is 2.58. The Morgan fingerprint density at radius 1 is 0.979 bits per heavy atom. The van der Waals surface area contributed by atoms with Crippen molar-refractivity contribution in [2.75, 3.05) is 18.4 Å². The first-order chi connectivity index (χ1) is 22.1. The number of nitrogens with zero attached hydrogens (tertiary/aromatic N) is 1. The van der Waals surface area contributed by atoms with E-state index in [1.54, 1.807) is 25.1 Å². The van der Waals surface area contributed by atoms with Crippen LogP contribution < -0.4 is 15.4 Å². The van der Waals surface area contributed by atoms with Gasteiger partial charge in [0, 0.05) is 47.7 Å². The van der Waals surface area contributed by atoms with Crippen LogP contribution in [0.3, 0.4) is 0 Å². The molecule has 47 heavy (non-hydrogen) atoms. The molecule has 0 aliphatic carbocycles. The minimum absolute atomic E-state index is 0.104. The normalized spacial score (nSPS) is 11.9. The third kappa shape index (κ3) is 9.65. The number of aromatic nitrogens is 1. The second kappa shape index (κ2) is 15.1. The molecule has 0 radical (unpaired) electrons. The molecule has 0 saturated heterocycles. The number of thiazole rings is 1. The van der Waals surface area contributed by atoms with Gasteiger partial charge in [-0.25, -0.2) is 9.78 Å². The summed E-state index contributed by atoms with van der Waals surface area (Å²) < 4.78 is 45.0. The molecule has 0 aliphatic rings. The van der Waals surface area contributed by atoms with Crippen molar-refractivity contribution in [2.45, 2.75) is 71.7 Å². The Morgan fingerprint density at radius 3 is 2.26 bits per heavy atom. The standard InChI is InChI=1S/C36H40F3N3O4S/c1-22(2)24-8-13-28(14-9-24)41-19-18-40-21-29-32(47-33(42-29)25-6-11-27(12-7-25)36(37,38)39)17-15-30(43)26-10-16-31(23(3)20-26)46-35(4,5)34(44)45/h6-14,16,20,22,40-41H,15,17-19,21H2,1-5H3,(H,44,45). The fourth-order valence-electron chi connectivity index (χ4n) is 4.76. The Kier molecular flexibility index (Phi) is 11.5. The quantitative estimate of drug-likeness (QED) is 0.0863. The number of ether oxygens (including phenoxy) is 1. The van der Waals surface area contributed by atoms with E-state index in [0.29, 0.717) is 59.4 Å². The molecular weight excluding hydrogens is 627 g/mol. The van der Waals surface area contributed by atoms with E-state index < -0.39 is 23.3 Å². The van der Waals surface area contributed by atoms with Crippen molar-refractivity contribution in [3.8, 4) is 16.3 Å². The number of anilines is 1. The predicted molar refractivity (Wildman–Crippen MR) is 179 cm³/mol. The summed E-state index contributed by atoms with van der Waals surface area (Å²) in [5.74, 6) is -0.361. The van der Waals surface area contributed by atoms with Crippen LogP contribution in [-0.4, -0.2) is 40.5 Å². The zero-order chi connectivity index (χ0) is 34.4. The van der Waals surface area contributed by atoms with Gasteiger partial charge < -0.3 is 20.5 Å². The van der Waals surface area contributed by atoms with E-state index in [4.69, 9.17) is 9.72 Å². The molecule has 0 saturated carbocycles. The Balaban J connectivity index is 1.44. The molecule has 11 heteroatoms. The molecule has 3 N–H and O–H groups in total. The minimum atomic E-state index is -4.43. The lowest BCUT2D eigenvalue weighted by atomic mass is 10.0. The molecule has 0 unspecified atom stereocenters. The summed E-state index contributed by atoms with van der Waals surface area (Å²) in [6, 6.07) is 18.2. The van der Waals surface area contributed by atoms with E-state index in [1.165, 1.54) is 42.9 Å². The highest BCUT2D eigenvalue weighted by Crippen LogP contribution is 2.34. The van der Waals surface area contributed by atoms with Crippen molar-refractivity contribution in [2.24, 2.45) is 0 Å². The van der Waals surface area contributed by atoms with Gasteiger partial charge in [-0.05, 0) is 86.7 Å². The summed E-state index contributed by atoms with van der Waals surface area (Å²) in [7, 11) is 0. The van der Waals surface area contributed by atoms with Crippen LogP contribution >= 0.6 is 11.3 Å². The van der Waals surface area contributed by atoms with Crippen molar-refractivity contribution in [1.29, 1.82) is 0 Å². The van der Waals surface area contributed by atoms with Gasteiger partial charge in [-0.2, -0.15) is 13.2 Å². The number of hydrogen-bond acceptors (Lipinski definition) is 7. The summed E-state index contributed by atoms with van der Waals surface area (Å²) in [6.45, 7) is 10.7. The Hall–Kier alpha value is -4.22. The molecule has 0 fully saturated rings. The van der Waals surface area contributed by atoms with Crippen LogP contribution in [0.5, 0.6) is 5.75 Å². The van der Waals surface area contributed by atoms with Gasteiger partial charge in [-0.1, -0.05) is 38.1 Å². The number of nitrogens with one attached hydrogen (secondary N) is 2. The maximum Gasteiger partial charge on any atom is 0.416 e. The summed E-state index contributed by atoms with van der Waals surface area (Å²) in [4.78, 5) is 30.3. The molecule has 0 bridgehead atoms. The number of carboxylic acid groups (broad SMARTS) is 1. The Labute approximate surface area is 277 Å². The number of carbonyl (C=O) groups is 2. The van der Waals surface area contributed by atoms with Gasteiger partial charge in [-0.15, -0.1) is 11.3 Å². The largest absolute Gasteiger partial charge is 0.478 e. The second-order valence-electron chi connectivity index (χ2n) is 12.2. The zero-order valence-electron chi connectivity index (χ0n) is 27.1. The van der Waals surface area contributed by atoms with Gasteiger partial charge in [0.2, 0.25) is 0 Å². The first-order valence-electron chi connectivity index (χ1n) is 15.4.